The van der Waals surface area contributed by atoms with Gasteiger partial charge in [0.25, 0.3) is 0 Å². The molecule has 0 aromatic carbocycles. The summed E-state index contributed by atoms with van der Waals surface area (Å²) in [5.74, 6) is 1.27. The Morgan fingerprint density at radius 1 is 1.20 bits per heavy atom. The minimum Gasteiger partial charge on any atom is -0.465 e. The van der Waals surface area contributed by atoms with Gasteiger partial charge in [-0.1, -0.05) is 0 Å². The van der Waals surface area contributed by atoms with Crippen molar-refractivity contribution in [1.82, 2.24) is 0 Å². The van der Waals surface area contributed by atoms with Gasteiger partial charge in [0.15, 0.2) is 6.17 Å². The number of rotatable bonds is 6. The van der Waals surface area contributed by atoms with Crippen LogP contribution in [0.2, 0.25) is 0 Å². The highest BCUT2D eigenvalue weighted by atomic mass is 32.2. The molecule has 5 nitrogen and oxygen atoms in total. The van der Waals surface area contributed by atoms with Crippen molar-refractivity contribution < 1.29 is 35.7 Å². The molecule has 0 radical (unpaired) electrons. The number of alkyl halides is 3. The van der Waals surface area contributed by atoms with Gasteiger partial charge in [-0.05, 0) is 61.7 Å². The van der Waals surface area contributed by atoms with Crippen LogP contribution in [0.4, 0.5) is 13.2 Å². The molecular weight excluding hydrogens is 361 g/mol. The Hall–Kier alpha value is -0.830. The van der Waals surface area contributed by atoms with E-state index in [1.54, 1.807) is 0 Å². The third-order valence-corrected chi connectivity index (χ3v) is 8.20. The van der Waals surface area contributed by atoms with Crippen LogP contribution in [-0.4, -0.2) is 37.0 Å². The van der Waals surface area contributed by atoms with Gasteiger partial charge in [-0.2, -0.15) is 17.2 Å². The molecule has 4 fully saturated rings. The first-order valence-electron chi connectivity index (χ1n) is 8.68. The van der Waals surface area contributed by atoms with Gasteiger partial charge in [0.2, 0.25) is 0 Å². The number of ether oxygens (including phenoxy) is 1. The highest BCUT2D eigenvalue weighted by molar-refractivity contribution is 7.86. The Morgan fingerprint density at radius 3 is 2.56 bits per heavy atom. The Labute approximate surface area is 144 Å². The van der Waals surface area contributed by atoms with E-state index in [1.807, 2.05) is 0 Å². The molecule has 0 aromatic heterocycles. The van der Waals surface area contributed by atoms with Crippen molar-refractivity contribution in [3.63, 3.8) is 0 Å². The predicted molar refractivity (Wildman–Crippen MR) is 80.0 cm³/mol. The lowest BCUT2D eigenvalue weighted by atomic mass is 9.46. The van der Waals surface area contributed by atoms with Crippen LogP contribution in [-0.2, 0) is 19.6 Å². The first-order valence-corrected chi connectivity index (χ1v) is 10.1. The van der Waals surface area contributed by atoms with Gasteiger partial charge in [0.1, 0.15) is 0 Å². The van der Waals surface area contributed by atoms with E-state index in [0.717, 1.165) is 38.5 Å². The van der Waals surface area contributed by atoms with Gasteiger partial charge >= 0.3 is 21.3 Å². The molecule has 142 valence electrons. The van der Waals surface area contributed by atoms with E-state index >= 15 is 0 Å². The van der Waals surface area contributed by atoms with Gasteiger partial charge in [-0.15, -0.1) is 0 Å². The van der Waals surface area contributed by atoms with E-state index in [0.29, 0.717) is 17.8 Å². The normalized spacial score (nSPS) is 42.8. The smallest absolute Gasteiger partial charge is 0.400 e. The van der Waals surface area contributed by atoms with Crippen molar-refractivity contribution in [2.75, 3.05) is 6.61 Å². The number of fused-ring (bicyclic) bond motifs is 2. The summed E-state index contributed by atoms with van der Waals surface area (Å²) in [6, 6.07) is 0. The van der Waals surface area contributed by atoms with Crippen LogP contribution in [0.15, 0.2) is 0 Å². The van der Waals surface area contributed by atoms with E-state index in [4.69, 9.17) is 9.29 Å². The highest BCUT2D eigenvalue weighted by Gasteiger charge is 2.77. The molecule has 0 aromatic rings. The van der Waals surface area contributed by atoms with Crippen LogP contribution >= 0.6 is 0 Å². The molecule has 3 bridgehead atoms. The fraction of sp³-hybridized carbons (Fsp3) is 0.938. The minimum absolute atomic E-state index is 0.00877. The quantitative estimate of drug-likeness (QED) is 0.564. The van der Waals surface area contributed by atoms with Crippen molar-refractivity contribution in [1.29, 1.82) is 0 Å². The van der Waals surface area contributed by atoms with Gasteiger partial charge in [0.05, 0.1) is 12.0 Å². The number of halogens is 3. The molecule has 0 aliphatic heterocycles. The molecular formula is C16H21F3O5S. The second-order valence-electron chi connectivity index (χ2n) is 8.38. The monoisotopic (exact) mass is 382 g/mol. The largest absolute Gasteiger partial charge is 0.465 e. The van der Waals surface area contributed by atoms with Crippen LogP contribution in [0.5, 0.6) is 0 Å². The van der Waals surface area contributed by atoms with Crippen molar-refractivity contribution >= 4 is 16.1 Å². The van der Waals surface area contributed by atoms with E-state index in [2.05, 4.69) is 0 Å². The molecule has 1 spiro atoms. The fourth-order valence-corrected chi connectivity index (χ4v) is 6.91. The lowest BCUT2D eigenvalue weighted by Crippen LogP contribution is -2.57. The summed E-state index contributed by atoms with van der Waals surface area (Å²) in [6.07, 6.45) is 1.76. The number of hydrogen-bond donors (Lipinski definition) is 1. The van der Waals surface area contributed by atoms with Crippen molar-refractivity contribution in [2.45, 2.75) is 56.4 Å². The average molecular weight is 382 g/mol. The Balaban J connectivity index is 1.38. The summed E-state index contributed by atoms with van der Waals surface area (Å²) >= 11 is 0. The zero-order chi connectivity index (χ0) is 18.3. The third kappa shape index (κ3) is 2.17. The lowest BCUT2D eigenvalue weighted by molar-refractivity contribution is -0.187. The summed E-state index contributed by atoms with van der Waals surface area (Å²) in [5.41, 5.74) is -0.559. The second kappa shape index (κ2) is 5.12. The van der Waals surface area contributed by atoms with Crippen molar-refractivity contribution in [3.05, 3.63) is 0 Å². The summed E-state index contributed by atoms with van der Waals surface area (Å²) in [7, 11) is -5.84. The van der Waals surface area contributed by atoms with Gasteiger partial charge in [-0.3, -0.25) is 9.35 Å². The second-order valence-corrected chi connectivity index (χ2v) is 9.88. The van der Waals surface area contributed by atoms with Crippen LogP contribution in [0.3, 0.4) is 0 Å². The lowest BCUT2D eigenvalue weighted by Gasteiger charge is -2.56. The summed E-state index contributed by atoms with van der Waals surface area (Å²) < 4.78 is 74.4. The Bertz CT molecular complexity index is 705. The van der Waals surface area contributed by atoms with Crippen LogP contribution in [0.25, 0.3) is 0 Å². The summed E-state index contributed by atoms with van der Waals surface area (Å²) in [5, 5.41) is -4.90. The maximum atomic E-state index is 13.5. The first-order chi connectivity index (χ1) is 11.5. The van der Waals surface area contributed by atoms with E-state index in [9.17, 15) is 26.4 Å². The highest BCUT2D eigenvalue weighted by Crippen LogP contribution is 2.81. The van der Waals surface area contributed by atoms with Crippen molar-refractivity contribution in [3.8, 4) is 0 Å². The number of carbonyl (C=O) groups is 1. The molecule has 6 atom stereocenters. The third-order valence-electron chi connectivity index (χ3n) is 7.26. The molecule has 0 saturated heterocycles. The van der Waals surface area contributed by atoms with E-state index in [-0.39, 0.29) is 5.41 Å². The van der Waals surface area contributed by atoms with Crippen molar-refractivity contribution in [2.24, 2.45) is 28.6 Å². The Kier molecular flexibility index (Phi) is 3.60. The Morgan fingerprint density at radius 2 is 1.88 bits per heavy atom. The van der Waals surface area contributed by atoms with Gasteiger partial charge in [0, 0.05) is 6.42 Å². The molecule has 4 aliphatic carbocycles. The predicted octanol–water partition coefficient (Wildman–Crippen LogP) is 2.95. The maximum Gasteiger partial charge on any atom is 0.400 e. The molecule has 4 rings (SSSR count). The van der Waals surface area contributed by atoms with Gasteiger partial charge in [-0.25, -0.2) is 4.39 Å². The zero-order valence-electron chi connectivity index (χ0n) is 13.6. The minimum atomic E-state index is -5.84. The van der Waals surface area contributed by atoms with Crippen LogP contribution in [0.1, 0.15) is 44.9 Å². The summed E-state index contributed by atoms with van der Waals surface area (Å²) in [4.78, 5) is 12.7. The molecule has 6 unspecified atom stereocenters. The topological polar surface area (TPSA) is 80.7 Å². The maximum absolute atomic E-state index is 13.5. The molecule has 25 heavy (non-hydrogen) atoms. The molecule has 0 amide bonds. The first kappa shape index (κ1) is 17.6. The van der Waals surface area contributed by atoms with Crippen LogP contribution in [0, 0.1) is 28.6 Å². The SMILES string of the molecule is O=C(OCCC(F)C(F)(F)S(=O)(=O)O)C12CC3CC4CC(C1)C2(C4)C3. The average Bonchev–Trinajstić information content (AvgIpc) is 2.81. The van der Waals surface area contributed by atoms with E-state index in [1.165, 1.54) is 0 Å². The summed E-state index contributed by atoms with van der Waals surface area (Å²) in [6.45, 7) is -0.623. The fourth-order valence-electron chi connectivity index (χ4n) is 6.47. The molecule has 1 N–H and O–H groups in total. The molecule has 4 saturated carbocycles. The van der Waals surface area contributed by atoms with Crippen LogP contribution < -0.4 is 0 Å². The van der Waals surface area contributed by atoms with Gasteiger partial charge < -0.3 is 4.74 Å². The number of hydrogen-bond acceptors (Lipinski definition) is 4. The molecule has 0 heterocycles. The molecule has 9 heteroatoms. The number of carbonyl (C=O) groups excluding carboxylic acids is 1. The van der Waals surface area contributed by atoms with E-state index < -0.39 is 46.0 Å². The number of esters is 1. The molecule has 4 aliphatic rings. The zero-order valence-corrected chi connectivity index (χ0v) is 14.4. The standard InChI is InChI=1S/C16H21F3O5S/c17-12(16(18,19)25(21,22)23)1-2-24-13(20)15-7-10-3-9-4-11(8-15)14(15,5-9)6-10/h9-12H,1-8H2,(H,21,22,23).